The van der Waals surface area contributed by atoms with E-state index < -0.39 is 0 Å². The summed E-state index contributed by atoms with van der Waals surface area (Å²) in [6.07, 6.45) is 0. The third-order valence-corrected chi connectivity index (χ3v) is 0. The molecule has 0 atom stereocenters. The van der Waals surface area contributed by atoms with Crippen LogP contribution in [0.3, 0.4) is 0 Å². The number of hydrogen-bond acceptors (Lipinski definition) is 2. The molecule has 0 bridgehead atoms. The van der Waals surface area contributed by atoms with Crippen LogP contribution in [0.5, 0.6) is 0 Å². The Morgan fingerprint density at radius 1 is 1.17 bits per heavy atom. The van der Waals surface area contributed by atoms with Gasteiger partial charge >= 0.3 is 49.1 Å². The van der Waals surface area contributed by atoms with Gasteiger partial charge in [0.15, 0.2) is 17.4 Å². The molecule has 0 rings (SSSR count). The van der Waals surface area contributed by atoms with Gasteiger partial charge in [0.05, 0.1) is 0 Å². The third-order valence-electron chi connectivity index (χ3n) is 0. The van der Waals surface area contributed by atoms with E-state index in [-0.39, 0.29) is 85.8 Å². The fourth-order valence-electron chi connectivity index (χ4n) is 0. The van der Waals surface area contributed by atoms with Crippen molar-refractivity contribution in [3.8, 4) is 0 Å². The first-order chi connectivity index (χ1) is 2.00. The Morgan fingerprint density at radius 2 is 1.17 bits per heavy atom. The summed E-state index contributed by atoms with van der Waals surface area (Å²) in [6, 6.07) is 0. The van der Waals surface area contributed by atoms with Gasteiger partial charge in [-0.15, -0.1) is 0 Å². The maximum atomic E-state index is 8.39. The second kappa shape index (κ2) is 50.8. The minimum absolute atomic E-state index is 0. The van der Waals surface area contributed by atoms with Crippen molar-refractivity contribution in [2.75, 3.05) is 0 Å². The van der Waals surface area contributed by atoms with Crippen LogP contribution < -0.4 is 0 Å². The van der Waals surface area contributed by atoms with Crippen LogP contribution in [0.1, 0.15) is 0 Å². The zero-order valence-electron chi connectivity index (χ0n) is 2.52. The molecule has 0 aliphatic rings. The molecule has 0 heterocycles. The molecule has 0 saturated heterocycles. The van der Waals surface area contributed by atoms with Crippen molar-refractivity contribution in [1.29, 1.82) is 0 Å². The molecule has 0 spiro atoms. The fraction of sp³-hybridized carbons (Fsp3) is 0. The van der Waals surface area contributed by atoms with Crippen LogP contribution >= 0.6 is 0 Å². The van der Waals surface area contributed by atoms with Crippen molar-refractivity contribution in [2.45, 2.75) is 0 Å². The monoisotopic (exact) mass is 486 g/mol. The van der Waals surface area contributed by atoms with E-state index in [1.807, 2.05) is 0 Å². The predicted octanol–water partition coefficient (Wildman–Crippen LogP) is -1.43. The van der Waals surface area contributed by atoms with Crippen LogP contribution in [0.15, 0.2) is 0 Å². The second-order valence-corrected chi connectivity index (χ2v) is 0. The summed E-state index contributed by atoms with van der Waals surface area (Å²) in [4.78, 5) is 0. The van der Waals surface area contributed by atoms with Crippen molar-refractivity contribution in [1.82, 2.24) is 0 Å². The van der Waals surface area contributed by atoms with E-state index in [2.05, 4.69) is 0 Å². The summed E-state index contributed by atoms with van der Waals surface area (Å²) in [5, 5.41) is 0. The second-order valence-electron chi connectivity index (χ2n) is 0. The summed E-state index contributed by atoms with van der Waals surface area (Å²) in [5.74, 6) is 0. The van der Waals surface area contributed by atoms with Gasteiger partial charge in [-0.05, 0) is 0 Å². The Kier molecular flexibility index (Phi) is 200. The molecule has 0 aliphatic heterocycles. The first-order valence-corrected chi connectivity index (χ1v) is 3.17. The fourth-order valence-corrected chi connectivity index (χ4v) is 0. The van der Waals surface area contributed by atoms with Crippen LogP contribution in [-0.4, -0.2) is 17.4 Å². The number of rotatable bonds is 0. The van der Waals surface area contributed by atoms with E-state index in [0.29, 0.717) is 0 Å². The molecule has 6 heavy (non-hydrogen) atoms. The number of hydrogen-bond donors (Lipinski definition) is 0. The molecule has 0 aromatic rings. The predicted molar refractivity (Wildman–Crippen MR) is 11.3 cm³/mol. The van der Waals surface area contributed by atoms with Crippen molar-refractivity contribution < 1.29 is 74.9 Å². The Balaban J connectivity index is -0.00000000500. The summed E-state index contributed by atoms with van der Waals surface area (Å²) < 4.78 is 16.8. The molecule has 6 heteroatoms. The molecule has 0 aliphatic carbocycles. The maximum absolute atomic E-state index is 8.39. The SMILES string of the molecule is [AlH3].[Hf].[O]=[Hf].[O]=[Zn]. The summed E-state index contributed by atoms with van der Waals surface area (Å²) in [5.41, 5.74) is 0. The molecule has 28 valence electrons. The van der Waals surface area contributed by atoms with Gasteiger partial charge in [0.1, 0.15) is 0 Å². The topological polar surface area (TPSA) is 34.1 Å². The molecule has 0 fully saturated rings. The van der Waals surface area contributed by atoms with Crippen LogP contribution in [0.2, 0.25) is 0 Å². The summed E-state index contributed by atoms with van der Waals surface area (Å²) >= 11 is 0.181. The van der Waals surface area contributed by atoms with Crippen molar-refractivity contribution >= 4 is 17.4 Å². The van der Waals surface area contributed by atoms with Crippen molar-refractivity contribution in [2.24, 2.45) is 0 Å². The van der Waals surface area contributed by atoms with Gasteiger partial charge in [0.2, 0.25) is 0 Å². The van der Waals surface area contributed by atoms with Gasteiger partial charge in [0.25, 0.3) is 0 Å². The molecule has 0 N–H and O–H groups in total. The average Bonchev–Trinajstić information content (AvgIpc) is 1.50. The van der Waals surface area contributed by atoms with Gasteiger partial charge in [-0.2, -0.15) is 0 Å². The first-order valence-electron chi connectivity index (χ1n) is 0.493. The van der Waals surface area contributed by atoms with E-state index in [1.54, 1.807) is 0 Å². The van der Waals surface area contributed by atoms with Gasteiger partial charge in [-0.3, -0.25) is 0 Å². The summed E-state index contributed by atoms with van der Waals surface area (Å²) in [7, 11) is 0. The minimum atomic E-state index is 0. The molecular formula is H3AlHf2O2Zn. The van der Waals surface area contributed by atoms with E-state index in [0.717, 1.165) is 0 Å². The van der Waals surface area contributed by atoms with E-state index in [4.69, 9.17) is 6.43 Å². The molecule has 0 saturated carbocycles. The quantitative estimate of drug-likeness (QED) is 0.396. The Hall–Kier alpha value is 2.50. The Bertz CT molecular complexity index is 13.5. The van der Waals surface area contributed by atoms with Crippen molar-refractivity contribution in [3.63, 3.8) is 0 Å². The van der Waals surface area contributed by atoms with Crippen LogP contribution in [0, 0.1) is 0 Å². The van der Waals surface area contributed by atoms with E-state index in [1.165, 1.54) is 0 Å². The van der Waals surface area contributed by atoms with Gasteiger partial charge in [0, 0.05) is 25.8 Å². The summed E-state index contributed by atoms with van der Waals surface area (Å²) in [6.45, 7) is 0. The third kappa shape index (κ3) is 31.5. The van der Waals surface area contributed by atoms with Crippen molar-refractivity contribution in [3.05, 3.63) is 0 Å². The van der Waals surface area contributed by atoms with E-state index in [9.17, 15) is 0 Å². The van der Waals surface area contributed by atoms with Crippen LogP contribution in [-0.2, 0) is 74.9 Å². The zero-order valence-corrected chi connectivity index (χ0v) is 12.7. The molecule has 2 nitrogen and oxygen atoms in total. The molecule has 0 amide bonds. The van der Waals surface area contributed by atoms with Crippen LogP contribution in [0.25, 0.3) is 0 Å². The zero-order chi connectivity index (χ0) is 4.00. The Morgan fingerprint density at radius 3 is 1.17 bits per heavy atom. The van der Waals surface area contributed by atoms with Crippen LogP contribution in [0.4, 0.5) is 0 Å². The first kappa shape index (κ1) is 23.6. The molecule has 0 aromatic heterocycles. The average molecular weight is 484 g/mol. The normalized spacial score (nSPS) is 1.50. The molecule has 0 unspecified atom stereocenters. The van der Waals surface area contributed by atoms with Gasteiger partial charge in [-0.1, -0.05) is 0 Å². The molecular weight excluding hydrogens is 481 g/mol. The van der Waals surface area contributed by atoms with Gasteiger partial charge < -0.3 is 0 Å². The standard InChI is InChI=1S/Al.2Hf.2O.Zn.3H. The molecule has 0 aromatic carbocycles. The Labute approximate surface area is 90.7 Å². The van der Waals surface area contributed by atoms with Gasteiger partial charge in [-0.25, -0.2) is 0 Å². The molecule has 0 radical (unpaired) electrons. The van der Waals surface area contributed by atoms with E-state index >= 15 is 0 Å².